The molecule has 21 heteroatoms. The highest BCUT2D eigenvalue weighted by atomic mass is 32.1. The molecule has 3 atom stereocenters. The van der Waals surface area contributed by atoms with Crippen LogP contribution in [0.1, 0.15) is 102 Å². The van der Waals surface area contributed by atoms with Gasteiger partial charge in [-0.1, -0.05) is 44.7 Å². The van der Waals surface area contributed by atoms with Gasteiger partial charge < -0.3 is 35.1 Å². The number of halogens is 2. The van der Waals surface area contributed by atoms with Crippen molar-refractivity contribution in [1.29, 1.82) is 0 Å². The average Bonchev–Trinajstić information content (AvgIpc) is 4.15. The van der Waals surface area contributed by atoms with Gasteiger partial charge in [-0.2, -0.15) is 8.78 Å². The van der Waals surface area contributed by atoms with E-state index in [-0.39, 0.29) is 66.9 Å². The van der Waals surface area contributed by atoms with Gasteiger partial charge in [-0.05, 0) is 107 Å². The Labute approximate surface area is 415 Å². The molecule has 0 spiro atoms. The van der Waals surface area contributed by atoms with Crippen LogP contribution in [-0.2, 0) is 40.7 Å². The van der Waals surface area contributed by atoms with E-state index in [1.165, 1.54) is 38.2 Å². The normalized spacial score (nSPS) is 17.7. The third kappa shape index (κ3) is 10.8. The molecule has 3 aliphatic heterocycles. The van der Waals surface area contributed by atoms with Crippen molar-refractivity contribution in [3.05, 3.63) is 99.2 Å². The number of carbonyl (C=O) groups is 7. The SMILES string of the molecule is CC(C)(C)C(NC(=O)c1cc2cc(C(F)(F)P(=O)(O)O)ccc2s1)C(=O)N1CCC[C@H]1C(=O)N(CCC(=O)NCCCC#Cc1cccc2c1CN(C1CCC(=O)NC1=O)C2=O)c1ccc2sccc2c1. The number of rotatable bonds is 14. The van der Waals surface area contributed by atoms with Gasteiger partial charge in [-0.15, -0.1) is 22.7 Å². The third-order valence-corrected chi connectivity index (χ3v) is 15.8. The summed E-state index contributed by atoms with van der Waals surface area (Å²) in [5.74, 6) is 3.24. The van der Waals surface area contributed by atoms with Crippen LogP contribution in [0.2, 0.25) is 0 Å². The molecule has 372 valence electrons. The number of hydrogen-bond donors (Lipinski definition) is 5. The Kier molecular flexibility index (Phi) is 14.7. The van der Waals surface area contributed by atoms with Gasteiger partial charge >= 0.3 is 13.3 Å². The van der Waals surface area contributed by atoms with Crippen LogP contribution in [0.5, 0.6) is 0 Å². The topological polar surface area (TPSA) is 223 Å². The van der Waals surface area contributed by atoms with Crippen LogP contribution in [0.25, 0.3) is 20.2 Å². The molecular weight excluding hydrogens is 978 g/mol. The van der Waals surface area contributed by atoms with Crippen molar-refractivity contribution in [2.24, 2.45) is 5.41 Å². The fourth-order valence-electron chi connectivity index (χ4n) is 9.05. The Balaban J connectivity index is 0.905. The number of nitrogens with one attached hydrogen (secondary N) is 3. The Hall–Kier alpha value is -6.36. The van der Waals surface area contributed by atoms with Crippen molar-refractivity contribution in [2.45, 2.75) is 96.1 Å². The van der Waals surface area contributed by atoms with Crippen LogP contribution in [0.15, 0.2) is 72.1 Å². The molecule has 2 saturated heterocycles. The van der Waals surface area contributed by atoms with Gasteiger partial charge in [0.25, 0.3) is 11.8 Å². The third-order valence-electron chi connectivity index (χ3n) is 12.8. The number of piperidine rings is 1. The lowest BCUT2D eigenvalue weighted by atomic mass is 9.85. The van der Waals surface area contributed by atoms with E-state index in [2.05, 4.69) is 27.8 Å². The van der Waals surface area contributed by atoms with Gasteiger partial charge in [0, 0.05) is 77.2 Å². The van der Waals surface area contributed by atoms with Crippen LogP contribution in [-0.4, -0.2) is 98.7 Å². The summed E-state index contributed by atoms with van der Waals surface area (Å²) in [5.41, 5.74) is -3.82. The van der Waals surface area contributed by atoms with E-state index in [9.17, 15) is 56.7 Å². The number of likely N-dealkylation sites (tertiary alicyclic amines) is 1. The van der Waals surface area contributed by atoms with Gasteiger partial charge in [0.2, 0.25) is 29.5 Å². The van der Waals surface area contributed by atoms with Crippen molar-refractivity contribution in [1.82, 2.24) is 25.8 Å². The molecule has 2 unspecified atom stereocenters. The lowest BCUT2D eigenvalue weighted by Crippen LogP contribution is -2.58. The lowest BCUT2D eigenvalue weighted by molar-refractivity contribution is -0.141. The van der Waals surface area contributed by atoms with E-state index in [1.54, 1.807) is 39.0 Å². The fourth-order valence-corrected chi connectivity index (χ4v) is 11.2. The van der Waals surface area contributed by atoms with E-state index >= 15 is 0 Å². The smallest absolute Gasteiger partial charge is 0.356 e. The maximum Gasteiger partial charge on any atom is 0.399 e. The first-order valence-corrected chi connectivity index (χ1v) is 26.3. The number of benzene rings is 3. The fraction of sp³-hybridized carbons (Fsp3) is 0.380. The molecule has 2 aromatic heterocycles. The maximum atomic E-state index is 14.7. The number of amides is 7. The minimum atomic E-state index is -5.83. The molecule has 5 aromatic rings. The summed E-state index contributed by atoms with van der Waals surface area (Å²) < 4.78 is 42.0. The number of anilines is 1. The van der Waals surface area contributed by atoms with Crippen LogP contribution < -0.4 is 20.9 Å². The molecule has 5 N–H and O–H groups in total. The molecule has 2 fully saturated rings. The first kappa shape index (κ1) is 51.0. The molecular formula is C50H51F2N6O10PS2. The molecule has 0 aliphatic carbocycles. The van der Waals surface area contributed by atoms with Crippen LogP contribution in [0.4, 0.5) is 14.5 Å². The van der Waals surface area contributed by atoms with Crippen molar-refractivity contribution in [3.8, 4) is 11.8 Å². The molecule has 71 heavy (non-hydrogen) atoms. The summed E-state index contributed by atoms with van der Waals surface area (Å²) in [6, 6.07) is 14.3. The molecule has 0 radical (unpaired) electrons. The molecule has 8 rings (SSSR count). The van der Waals surface area contributed by atoms with Gasteiger partial charge in [-0.25, -0.2) is 0 Å². The van der Waals surface area contributed by atoms with Gasteiger partial charge in [0.15, 0.2) is 0 Å². The molecule has 0 bridgehead atoms. The highest BCUT2D eigenvalue weighted by Crippen LogP contribution is 2.59. The van der Waals surface area contributed by atoms with E-state index in [0.29, 0.717) is 53.7 Å². The summed E-state index contributed by atoms with van der Waals surface area (Å²) in [4.78, 5) is 117. The van der Waals surface area contributed by atoms with E-state index in [1.807, 2.05) is 29.6 Å². The number of thiophene rings is 2. The molecule has 0 saturated carbocycles. The monoisotopic (exact) mass is 1030 g/mol. The average molecular weight is 1030 g/mol. The number of carbonyl (C=O) groups excluding carboxylic acids is 7. The zero-order chi connectivity index (χ0) is 51.0. The van der Waals surface area contributed by atoms with E-state index < -0.39 is 66.0 Å². The Morgan fingerprint density at radius 1 is 0.986 bits per heavy atom. The zero-order valence-electron chi connectivity index (χ0n) is 39.0. The predicted molar refractivity (Wildman–Crippen MR) is 264 cm³/mol. The quantitative estimate of drug-likeness (QED) is 0.0347. The number of nitrogens with zero attached hydrogens (tertiary/aromatic N) is 3. The second kappa shape index (κ2) is 20.4. The Bertz CT molecular complexity index is 3100. The summed E-state index contributed by atoms with van der Waals surface area (Å²) >= 11 is 2.50. The van der Waals surface area contributed by atoms with Gasteiger partial charge in [0.1, 0.15) is 18.1 Å². The highest BCUT2D eigenvalue weighted by Gasteiger charge is 2.50. The van der Waals surface area contributed by atoms with Gasteiger partial charge in [-0.3, -0.25) is 43.4 Å². The molecule has 7 amide bonds. The largest absolute Gasteiger partial charge is 0.399 e. The van der Waals surface area contributed by atoms with E-state index in [0.717, 1.165) is 39.1 Å². The van der Waals surface area contributed by atoms with E-state index in [4.69, 9.17) is 0 Å². The number of alkyl halides is 2. The van der Waals surface area contributed by atoms with Crippen molar-refractivity contribution in [3.63, 3.8) is 0 Å². The number of fused-ring (bicyclic) bond motifs is 3. The standard InChI is InChI=1S/C50H51F2N6O10PS2/c1-49(2,3)43(55-45(62)40-27-31-25-32(13-16-39(31)71-40)50(51,52)69(66,67)68)48(65)57-22-8-12-37(57)47(64)56(33-14-17-38-30(26-33)20-24-70-38)23-19-41(59)53-21-6-4-5-9-29-10-7-11-34-35(29)28-58(46(34)63)36-15-18-42(60)54-44(36)61/h7,10-11,13-14,16-17,20,24-27,36-37,43H,4,6,8,12,15,18-19,21-23,28H2,1-3H3,(H,53,59)(H,55,62)(H,54,60,61)(H2,66,67,68)/t36?,37-,43?/m0/s1. The highest BCUT2D eigenvalue weighted by molar-refractivity contribution is 7.52. The van der Waals surface area contributed by atoms with Crippen molar-refractivity contribution >= 4 is 97.5 Å². The summed E-state index contributed by atoms with van der Waals surface area (Å²) in [5, 5.41) is 11.0. The summed E-state index contributed by atoms with van der Waals surface area (Å²) in [6.07, 6.45) is 2.12. The second-order valence-corrected chi connectivity index (χ2v) is 22.5. The second-order valence-electron chi connectivity index (χ2n) is 18.8. The molecule has 3 aliphatic rings. The summed E-state index contributed by atoms with van der Waals surface area (Å²) in [6.45, 7) is 6.01. The molecule has 16 nitrogen and oxygen atoms in total. The predicted octanol–water partition coefficient (Wildman–Crippen LogP) is 6.61. The lowest BCUT2D eigenvalue weighted by Gasteiger charge is -2.36. The zero-order valence-corrected chi connectivity index (χ0v) is 41.5. The number of unbranched alkanes of at least 4 members (excludes halogenated alkanes) is 1. The Morgan fingerprint density at radius 2 is 1.76 bits per heavy atom. The Morgan fingerprint density at radius 3 is 2.51 bits per heavy atom. The first-order chi connectivity index (χ1) is 33.6. The van der Waals surface area contributed by atoms with Crippen LogP contribution in [0.3, 0.4) is 0 Å². The number of imide groups is 1. The minimum absolute atomic E-state index is 0.000491. The van der Waals surface area contributed by atoms with Crippen molar-refractivity contribution in [2.75, 3.05) is 24.5 Å². The van der Waals surface area contributed by atoms with Gasteiger partial charge in [0.05, 0.1) is 4.88 Å². The maximum absolute atomic E-state index is 14.7. The van der Waals surface area contributed by atoms with Crippen molar-refractivity contribution < 1.29 is 56.7 Å². The summed E-state index contributed by atoms with van der Waals surface area (Å²) in [7, 11) is -5.83. The van der Waals surface area contributed by atoms with Crippen LogP contribution >= 0.6 is 30.3 Å². The van der Waals surface area contributed by atoms with Crippen LogP contribution in [0, 0.1) is 17.3 Å². The number of hydrogen-bond acceptors (Lipinski definition) is 10. The minimum Gasteiger partial charge on any atom is -0.356 e. The first-order valence-electron chi connectivity index (χ1n) is 23.0. The molecule has 5 heterocycles. The molecule has 3 aromatic carbocycles.